The zero-order chi connectivity index (χ0) is 14.9. The molecule has 0 N–H and O–H groups in total. The molecular formula is C13H8Cl4O2S. The lowest BCUT2D eigenvalue weighted by Crippen LogP contribution is -1.96. The van der Waals surface area contributed by atoms with Gasteiger partial charge in [0.1, 0.15) is 0 Å². The van der Waals surface area contributed by atoms with Gasteiger partial charge in [0.25, 0.3) is 9.05 Å². The molecule has 0 bridgehead atoms. The van der Waals surface area contributed by atoms with Gasteiger partial charge in [0.05, 0.1) is 4.90 Å². The van der Waals surface area contributed by atoms with Crippen LogP contribution in [-0.2, 0) is 15.5 Å². The highest BCUT2D eigenvalue weighted by Gasteiger charge is 2.13. The van der Waals surface area contributed by atoms with E-state index in [1.807, 2.05) is 0 Å². The quantitative estimate of drug-likeness (QED) is 0.699. The fourth-order valence-electron chi connectivity index (χ4n) is 1.71. The highest BCUT2D eigenvalue weighted by molar-refractivity contribution is 8.13. The highest BCUT2D eigenvalue weighted by Crippen LogP contribution is 2.28. The molecule has 0 aliphatic carbocycles. The van der Waals surface area contributed by atoms with Gasteiger partial charge in [-0.2, -0.15) is 0 Å². The fraction of sp³-hybridized carbons (Fsp3) is 0.0769. The number of hydrogen-bond donors (Lipinski definition) is 0. The van der Waals surface area contributed by atoms with Gasteiger partial charge in [0.15, 0.2) is 0 Å². The minimum Gasteiger partial charge on any atom is -0.207 e. The molecule has 106 valence electrons. The maximum Gasteiger partial charge on any atom is 0.261 e. The molecule has 0 saturated heterocycles. The van der Waals surface area contributed by atoms with Crippen molar-refractivity contribution in [1.29, 1.82) is 0 Å². The van der Waals surface area contributed by atoms with Crippen LogP contribution in [-0.4, -0.2) is 8.42 Å². The molecule has 20 heavy (non-hydrogen) atoms. The van der Waals surface area contributed by atoms with Gasteiger partial charge in [0.2, 0.25) is 0 Å². The molecular weight excluding hydrogens is 362 g/mol. The Morgan fingerprint density at radius 2 is 1.55 bits per heavy atom. The van der Waals surface area contributed by atoms with Crippen molar-refractivity contribution >= 4 is 54.5 Å². The average Bonchev–Trinajstić information content (AvgIpc) is 2.33. The van der Waals surface area contributed by atoms with Crippen molar-refractivity contribution < 1.29 is 8.42 Å². The van der Waals surface area contributed by atoms with E-state index in [2.05, 4.69) is 0 Å². The van der Waals surface area contributed by atoms with Gasteiger partial charge in [-0.05, 0) is 41.5 Å². The first kappa shape index (κ1) is 15.9. The summed E-state index contributed by atoms with van der Waals surface area (Å²) < 4.78 is 22.7. The van der Waals surface area contributed by atoms with Crippen molar-refractivity contribution in [1.82, 2.24) is 0 Å². The SMILES string of the molecule is O=S(=O)(Cl)c1ccc(Cl)c(Cc2ccc(Cl)cc2Cl)c1. The summed E-state index contributed by atoms with van der Waals surface area (Å²) in [5, 5.41) is 1.47. The Labute approximate surface area is 136 Å². The zero-order valence-electron chi connectivity index (χ0n) is 9.91. The largest absolute Gasteiger partial charge is 0.261 e. The lowest BCUT2D eigenvalue weighted by molar-refractivity contribution is 0.609. The first-order valence-corrected chi connectivity index (χ1v) is 8.89. The van der Waals surface area contributed by atoms with Crippen LogP contribution in [0.4, 0.5) is 0 Å². The lowest BCUT2D eigenvalue weighted by atomic mass is 10.1. The molecule has 2 nitrogen and oxygen atoms in total. The van der Waals surface area contributed by atoms with Crippen LogP contribution in [0.15, 0.2) is 41.3 Å². The van der Waals surface area contributed by atoms with Crippen LogP contribution in [0.25, 0.3) is 0 Å². The minimum atomic E-state index is -3.79. The van der Waals surface area contributed by atoms with Crippen LogP contribution in [0.5, 0.6) is 0 Å². The molecule has 0 aromatic heterocycles. The van der Waals surface area contributed by atoms with Crippen molar-refractivity contribution in [2.75, 3.05) is 0 Å². The molecule has 0 atom stereocenters. The molecule has 0 saturated carbocycles. The van der Waals surface area contributed by atoms with E-state index >= 15 is 0 Å². The number of benzene rings is 2. The van der Waals surface area contributed by atoms with E-state index in [4.69, 9.17) is 45.5 Å². The van der Waals surface area contributed by atoms with Gasteiger partial charge in [-0.3, -0.25) is 0 Å². The molecule has 0 fully saturated rings. The van der Waals surface area contributed by atoms with Crippen LogP contribution < -0.4 is 0 Å². The summed E-state index contributed by atoms with van der Waals surface area (Å²) in [5.74, 6) is 0. The van der Waals surface area contributed by atoms with E-state index in [9.17, 15) is 8.42 Å². The third-order valence-electron chi connectivity index (χ3n) is 2.69. The van der Waals surface area contributed by atoms with E-state index in [-0.39, 0.29) is 4.90 Å². The first-order chi connectivity index (χ1) is 9.27. The van der Waals surface area contributed by atoms with Crippen LogP contribution in [0.3, 0.4) is 0 Å². The van der Waals surface area contributed by atoms with Crippen LogP contribution in [0.1, 0.15) is 11.1 Å². The Kier molecular flexibility index (Phi) is 4.88. The average molecular weight is 370 g/mol. The van der Waals surface area contributed by atoms with Crippen molar-refractivity contribution in [3.05, 3.63) is 62.6 Å². The molecule has 0 spiro atoms. The second kappa shape index (κ2) is 6.12. The lowest BCUT2D eigenvalue weighted by Gasteiger charge is -2.08. The summed E-state index contributed by atoms with van der Waals surface area (Å²) in [6.07, 6.45) is 0.384. The topological polar surface area (TPSA) is 34.1 Å². The summed E-state index contributed by atoms with van der Waals surface area (Å²) in [6, 6.07) is 9.39. The monoisotopic (exact) mass is 368 g/mol. The van der Waals surface area contributed by atoms with Gasteiger partial charge < -0.3 is 0 Å². The summed E-state index contributed by atoms with van der Waals surface area (Å²) in [5.41, 5.74) is 1.42. The standard InChI is InChI=1S/C13H8Cl4O2S/c14-10-2-1-8(13(16)7-10)5-9-6-11(20(17,18)19)3-4-12(9)15/h1-4,6-7H,5H2. The van der Waals surface area contributed by atoms with Gasteiger partial charge in [-0.15, -0.1) is 0 Å². The van der Waals surface area contributed by atoms with Crippen LogP contribution in [0.2, 0.25) is 15.1 Å². The molecule has 2 aromatic rings. The van der Waals surface area contributed by atoms with E-state index in [0.717, 1.165) is 5.56 Å². The molecule has 0 aliphatic heterocycles. The van der Waals surface area contributed by atoms with Crippen molar-refractivity contribution in [3.8, 4) is 0 Å². The predicted molar refractivity (Wildman–Crippen MR) is 83.8 cm³/mol. The number of hydrogen-bond acceptors (Lipinski definition) is 2. The molecule has 2 aromatic carbocycles. The Morgan fingerprint density at radius 1 is 0.850 bits per heavy atom. The number of halogens is 4. The Balaban J connectivity index is 2.43. The third kappa shape index (κ3) is 3.80. The number of rotatable bonds is 3. The highest BCUT2D eigenvalue weighted by atomic mass is 35.7. The van der Waals surface area contributed by atoms with E-state index in [1.165, 1.54) is 18.2 Å². The zero-order valence-corrected chi connectivity index (χ0v) is 13.7. The maximum atomic E-state index is 11.3. The normalized spacial score (nSPS) is 11.6. The van der Waals surface area contributed by atoms with Gasteiger partial charge in [-0.1, -0.05) is 40.9 Å². The van der Waals surface area contributed by atoms with E-state index in [1.54, 1.807) is 18.2 Å². The second-order valence-corrected chi connectivity index (χ2v) is 7.92. The molecule has 0 aliphatic rings. The summed E-state index contributed by atoms with van der Waals surface area (Å²) in [7, 11) is 1.53. The third-order valence-corrected chi connectivity index (χ3v) is 5.00. The molecule has 0 heterocycles. The Bertz CT molecular complexity index is 757. The maximum absolute atomic E-state index is 11.3. The first-order valence-electron chi connectivity index (χ1n) is 5.44. The Hall–Kier alpha value is -0.450. The predicted octanol–water partition coefficient (Wildman–Crippen LogP) is 5.17. The molecule has 7 heteroatoms. The van der Waals surface area contributed by atoms with Gasteiger partial charge >= 0.3 is 0 Å². The van der Waals surface area contributed by atoms with Crippen molar-refractivity contribution in [3.63, 3.8) is 0 Å². The fourth-order valence-corrected chi connectivity index (χ4v) is 3.17. The minimum absolute atomic E-state index is 0.00338. The second-order valence-electron chi connectivity index (χ2n) is 4.10. The van der Waals surface area contributed by atoms with E-state index < -0.39 is 9.05 Å². The van der Waals surface area contributed by atoms with Crippen molar-refractivity contribution in [2.24, 2.45) is 0 Å². The Morgan fingerprint density at radius 3 is 2.15 bits per heavy atom. The van der Waals surface area contributed by atoms with E-state index in [0.29, 0.717) is 27.1 Å². The van der Waals surface area contributed by atoms with Crippen molar-refractivity contribution in [2.45, 2.75) is 11.3 Å². The summed E-state index contributed by atoms with van der Waals surface area (Å²) >= 11 is 18.0. The molecule has 0 unspecified atom stereocenters. The molecule has 0 radical (unpaired) electrons. The summed E-state index contributed by atoms with van der Waals surface area (Å²) in [4.78, 5) is 0.00338. The molecule has 0 amide bonds. The van der Waals surface area contributed by atoms with Gasteiger partial charge in [-0.25, -0.2) is 8.42 Å². The smallest absolute Gasteiger partial charge is 0.207 e. The van der Waals surface area contributed by atoms with Crippen LogP contribution >= 0.6 is 45.5 Å². The molecule has 2 rings (SSSR count). The summed E-state index contributed by atoms with van der Waals surface area (Å²) in [6.45, 7) is 0. The van der Waals surface area contributed by atoms with Crippen LogP contribution in [0, 0.1) is 0 Å². The van der Waals surface area contributed by atoms with Gasteiger partial charge in [0, 0.05) is 32.2 Å².